The van der Waals surface area contributed by atoms with E-state index in [4.69, 9.17) is 9.84 Å². The van der Waals surface area contributed by atoms with E-state index in [1.54, 1.807) is 17.8 Å². The maximum atomic E-state index is 12.8. The molecule has 34 heavy (non-hydrogen) atoms. The molecular formula is C23H28F3N5O3. The van der Waals surface area contributed by atoms with Gasteiger partial charge in [0.05, 0.1) is 24.3 Å². The molecule has 3 rings (SSSR count). The van der Waals surface area contributed by atoms with Gasteiger partial charge in [-0.25, -0.2) is 9.67 Å². The van der Waals surface area contributed by atoms with Gasteiger partial charge in [-0.15, -0.1) is 5.10 Å². The number of carbonyl (C=O) groups is 1. The van der Waals surface area contributed by atoms with Gasteiger partial charge in [0, 0.05) is 31.2 Å². The van der Waals surface area contributed by atoms with Gasteiger partial charge >= 0.3 is 12.1 Å². The Morgan fingerprint density at radius 3 is 2.59 bits per heavy atom. The third kappa shape index (κ3) is 6.82. The lowest BCUT2D eigenvalue weighted by Crippen LogP contribution is -2.07. The largest absolute Gasteiger partial charge is 0.481 e. The average molecular weight is 480 g/mol. The summed E-state index contributed by atoms with van der Waals surface area (Å²) in [6.07, 6.45) is 2.68. The highest BCUT2D eigenvalue weighted by Crippen LogP contribution is 2.28. The molecule has 0 aliphatic heterocycles. The number of rotatable bonds is 12. The van der Waals surface area contributed by atoms with Crippen molar-refractivity contribution < 1.29 is 27.8 Å². The van der Waals surface area contributed by atoms with Gasteiger partial charge in [-0.05, 0) is 49.8 Å². The fourth-order valence-electron chi connectivity index (χ4n) is 3.52. The molecule has 3 heterocycles. The van der Waals surface area contributed by atoms with Gasteiger partial charge < -0.3 is 9.84 Å². The van der Waals surface area contributed by atoms with Crippen LogP contribution in [0, 0.1) is 0 Å². The zero-order chi connectivity index (χ0) is 24.7. The number of pyridine rings is 1. The predicted molar refractivity (Wildman–Crippen MR) is 118 cm³/mol. The van der Waals surface area contributed by atoms with Crippen molar-refractivity contribution in [1.82, 2.24) is 24.5 Å². The zero-order valence-corrected chi connectivity index (χ0v) is 19.2. The van der Waals surface area contributed by atoms with Crippen LogP contribution in [0.2, 0.25) is 0 Å². The Kier molecular flexibility index (Phi) is 8.30. The fourth-order valence-corrected chi connectivity index (χ4v) is 3.52. The van der Waals surface area contributed by atoms with Crippen molar-refractivity contribution in [2.75, 3.05) is 6.61 Å². The minimum absolute atomic E-state index is 0.0365. The van der Waals surface area contributed by atoms with Crippen LogP contribution in [0.4, 0.5) is 13.2 Å². The lowest BCUT2D eigenvalue weighted by molar-refractivity contribution is -0.138. The predicted octanol–water partition coefficient (Wildman–Crippen LogP) is 4.39. The van der Waals surface area contributed by atoms with Gasteiger partial charge in [0.15, 0.2) is 5.82 Å². The van der Waals surface area contributed by atoms with E-state index in [1.807, 2.05) is 13.1 Å². The molecule has 0 unspecified atom stereocenters. The van der Waals surface area contributed by atoms with E-state index in [9.17, 15) is 18.0 Å². The molecule has 0 atom stereocenters. The summed E-state index contributed by atoms with van der Waals surface area (Å²) in [5.74, 6) is -0.0481. The molecular weight excluding hydrogens is 451 g/mol. The molecule has 3 aromatic rings. The Balaban J connectivity index is 1.54. The molecule has 0 radical (unpaired) electrons. The molecule has 0 fully saturated rings. The van der Waals surface area contributed by atoms with Gasteiger partial charge in [0.2, 0.25) is 5.88 Å². The second kappa shape index (κ2) is 11.2. The lowest BCUT2D eigenvalue weighted by Gasteiger charge is -2.06. The van der Waals surface area contributed by atoms with Gasteiger partial charge in [-0.3, -0.25) is 9.48 Å². The first-order chi connectivity index (χ1) is 16.2. The van der Waals surface area contributed by atoms with Crippen LogP contribution in [0.3, 0.4) is 0 Å². The molecule has 0 bridgehead atoms. The zero-order valence-electron chi connectivity index (χ0n) is 19.2. The van der Waals surface area contributed by atoms with Crippen LogP contribution in [-0.4, -0.2) is 42.2 Å². The smallest absolute Gasteiger partial charge is 0.417 e. The van der Waals surface area contributed by atoms with E-state index in [0.29, 0.717) is 24.7 Å². The second-order valence-corrected chi connectivity index (χ2v) is 8.00. The Morgan fingerprint density at radius 1 is 1.15 bits per heavy atom. The minimum atomic E-state index is -4.43. The molecule has 11 heteroatoms. The average Bonchev–Trinajstić information content (AvgIpc) is 3.34. The molecule has 1 N–H and O–H groups in total. The third-order valence-electron chi connectivity index (χ3n) is 5.31. The van der Waals surface area contributed by atoms with Crippen LogP contribution in [0.25, 0.3) is 5.82 Å². The Hall–Kier alpha value is -3.37. The summed E-state index contributed by atoms with van der Waals surface area (Å²) in [5, 5.41) is 17.6. The van der Waals surface area contributed by atoms with Gasteiger partial charge in [0.1, 0.15) is 0 Å². The number of unbranched alkanes of at least 4 members (excludes halogenated alkanes) is 1. The molecule has 8 nitrogen and oxygen atoms in total. The first-order valence-electron chi connectivity index (χ1n) is 11.2. The number of aryl methyl sites for hydroxylation is 4. The SMILES string of the molecule is CCCc1nn(-c2ccc(C(F)(F)F)cn2)cc1CCCCOc1cc(CCC(=O)O)n(C)n1. The van der Waals surface area contributed by atoms with E-state index >= 15 is 0 Å². The highest BCUT2D eigenvalue weighted by Gasteiger charge is 2.30. The van der Waals surface area contributed by atoms with Gasteiger partial charge in [-0.2, -0.15) is 18.3 Å². The molecule has 0 amide bonds. The molecule has 0 aliphatic rings. The van der Waals surface area contributed by atoms with Crippen LogP contribution in [0.1, 0.15) is 55.1 Å². The van der Waals surface area contributed by atoms with Crippen LogP contribution in [-0.2, 0) is 37.3 Å². The Labute approximate surface area is 195 Å². The normalized spacial score (nSPS) is 11.7. The van der Waals surface area contributed by atoms with Crippen molar-refractivity contribution in [3.63, 3.8) is 0 Å². The lowest BCUT2D eigenvalue weighted by atomic mass is 10.1. The van der Waals surface area contributed by atoms with Crippen LogP contribution < -0.4 is 4.74 Å². The van der Waals surface area contributed by atoms with E-state index in [0.717, 1.165) is 61.3 Å². The Bertz CT molecular complexity index is 1090. The molecule has 3 aromatic heterocycles. The highest BCUT2D eigenvalue weighted by atomic mass is 19.4. The van der Waals surface area contributed by atoms with Crippen LogP contribution in [0.15, 0.2) is 30.6 Å². The summed E-state index contributed by atoms with van der Waals surface area (Å²) in [7, 11) is 1.75. The second-order valence-electron chi connectivity index (χ2n) is 8.00. The fraction of sp³-hybridized carbons (Fsp3) is 0.478. The number of hydrogen-bond acceptors (Lipinski definition) is 5. The third-order valence-corrected chi connectivity index (χ3v) is 5.31. The van der Waals surface area contributed by atoms with Crippen molar-refractivity contribution in [1.29, 1.82) is 0 Å². The van der Waals surface area contributed by atoms with Crippen molar-refractivity contribution >= 4 is 5.97 Å². The quantitative estimate of drug-likeness (QED) is 0.387. The van der Waals surface area contributed by atoms with Crippen molar-refractivity contribution in [3.05, 3.63) is 53.1 Å². The van der Waals surface area contributed by atoms with Crippen molar-refractivity contribution in [2.45, 2.75) is 58.0 Å². The van der Waals surface area contributed by atoms with E-state index < -0.39 is 17.7 Å². The van der Waals surface area contributed by atoms with E-state index in [2.05, 4.69) is 15.2 Å². The summed E-state index contributed by atoms with van der Waals surface area (Å²) in [6, 6.07) is 4.08. The number of halogens is 3. The first-order valence-corrected chi connectivity index (χ1v) is 11.2. The molecule has 0 saturated heterocycles. The van der Waals surface area contributed by atoms with E-state index in [-0.39, 0.29) is 6.42 Å². The summed E-state index contributed by atoms with van der Waals surface area (Å²) >= 11 is 0. The van der Waals surface area contributed by atoms with Crippen LogP contribution >= 0.6 is 0 Å². The standard InChI is InChI=1S/C23H28F3N5O3/c1-3-6-19-16(15-31(28-19)20-10-8-17(14-27-20)23(24,25)26)7-4-5-12-34-21-13-18(30(2)29-21)9-11-22(32)33/h8,10,13-15H,3-7,9,11-12H2,1-2H3,(H,32,33). The minimum Gasteiger partial charge on any atom is -0.481 e. The maximum Gasteiger partial charge on any atom is 0.417 e. The first kappa shape index (κ1) is 25.3. The number of hydrogen-bond donors (Lipinski definition) is 1. The molecule has 0 aliphatic carbocycles. The summed E-state index contributed by atoms with van der Waals surface area (Å²) in [6.45, 7) is 2.51. The molecule has 0 saturated carbocycles. The number of nitrogens with zero attached hydrogens (tertiary/aromatic N) is 5. The van der Waals surface area contributed by atoms with E-state index in [1.165, 1.54) is 10.7 Å². The Morgan fingerprint density at radius 2 is 1.94 bits per heavy atom. The maximum absolute atomic E-state index is 12.8. The number of carboxylic acid groups (broad SMARTS) is 1. The molecule has 0 spiro atoms. The number of alkyl halides is 3. The number of carboxylic acids is 1. The van der Waals surface area contributed by atoms with Crippen molar-refractivity contribution in [2.24, 2.45) is 7.05 Å². The number of aliphatic carboxylic acids is 1. The number of aromatic nitrogens is 5. The number of ether oxygens (including phenoxy) is 1. The summed E-state index contributed by atoms with van der Waals surface area (Å²) < 4.78 is 47.2. The summed E-state index contributed by atoms with van der Waals surface area (Å²) in [5.41, 5.74) is 1.96. The van der Waals surface area contributed by atoms with Crippen molar-refractivity contribution in [3.8, 4) is 11.7 Å². The molecule has 0 aromatic carbocycles. The highest BCUT2D eigenvalue weighted by molar-refractivity contribution is 5.67. The van der Waals surface area contributed by atoms with Gasteiger partial charge in [0.25, 0.3) is 0 Å². The molecule has 184 valence electrons. The topological polar surface area (TPSA) is 95.1 Å². The van der Waals surface area contributed by atoms with Crippen LogP contribution in [0.5, 0.6) is 5.88 Å². The van der Waals surface area contributed by atoms with Gasteiger partial charge in [-0.1, -0.05) is 13.3 Å². The monoisotopic (exact) mass is 479 g/mol. The summed E-state index contributed by atoms with van der Waals surface area (Å²) in [4.78, 5) is 14.7.